The Morgan fingerprint density at radius 3 is 2.74 bits per heavy atom. The molecule has 1 aliphatic rings. The van der Waals surface area contributed by atoms with Crippen LogP contribution in [0, 0.1) is 0 Å². The Hall–Kier alpha value is -2.90. The van der Waals surface area contributed by atoms with Crippen LogP contribution in [-0.4, -0.2) is 54.5 Å². The molecule has 1 fully saturated rings. The van der Waals surface area contributed by atoms with Crippen LogP contribution in [0.2, 0.25) is 0 Å². The Morgan fingerprint density at radius 1 is 1.15 bits per heavy atom. The second-order valence-electron chi connectivity index (χ2n) is 6.73. The molecule has 0 spiro atoms. The van der Waals surface area contributed by atoms with Crippen molar-refractivity contribution < 1.29 is 14.3 Å². The van der Waals surface area contributed by atoms with Crippen molar-refractivity contribution in [3.05, 3.63) is 42.0 Å². The van der Waals surface area contributed by atoms with E-state index in [2.05, 4.69) is 15.2 Å². The number of carbonyl (C=O) groups excluding carboxylic acids is 2. The minimum Gasteiger partial charge on any atom is -0.379 e. The van der Waals surface area contributed by atoms with Crippen LogP contribution in [0.1, 0.15) is 16.8 Å². The lowest BCUT2D eigenvalue weighted by Gasteiger charge is -2.26. The van der Waals surface area contributed by atoms with Crippen molar-refractivity contribution in [1.29, 1.82) is 0 Å². The highest BCUT2D eigenvalue weighted by Gasteiger charge is 2.14. The molecule has 27 heavy (non-hydrogen) atoms. The molecule has 1 aromatic heterocycles. The highest BCUT2D eigenvalue weighted by Crippen LogP contribution is 2.29. The third-order valence-corrected chi connectivity index (χ3v) is 4.94. The summed E-state index contributed by atoms with van der Waals surface area (Å²) in [5.74, 6) is -0.487. The molecule has 140 valence electrons. The molecule has 0 unspecified atom stereocenters. The van der Waals surface area contributed by atoms with Gasteiger partial charge in [-0.25, -0.2) is 0 Å². The fraction of sp³-hybridized carbons (Fsp3) is 0.300. The molecule has 0 atom stereocenters. The van der Waals surface area contributed by atoms with Crippen molar-refractivity contribution in [2.75, 3.05) is 38.2 Å². The summed E-state index contributed by atoms with van der Waals surface area (Å²) >= 11 is 0. The maximum Gasteiger partial charge on any atom is 0.250 e. The number of H-pyrrole nitrogens is 1. The summed E-state index contributed by atoms with van der Waals surface area (Å²) in [6.45, 7) is 3.93. The van der Waals surface area contributed by atoms with Crippen LogP contribution in [0.5, 0.6) is 0 Å². The van der Waals surface area contributed by atoms with Crippen molar-refractivity contribution >= 4 is 39.3 Å². The van der Waals surface area contributed by atoms with Gasteiger partial charge >= 0.3 is 0 Å². The number of nitrogens with zero attached hydrogens (tertiary/aromatic N) is 1. The number of hydrogen-bond acceptors (Lipinski definition) is 4. The summed E-state index contributed by atoms with van der Waals surface area (Å²) in [5.41, 5.74) is 8.22. The Labute approximate surface area is 156 Å². The van der Waals surface area contributed by atoms with Gasteiger partial charge in [0.25, 0.3) is 5.91 Å². The van der Waals surface area contributed by atoms with Gasteiger partial charge in [-0.15, -0.1) is 0 Å². The number of fused-ring (bicyclic) bond motifs is 3. The van der Waals surface area contributed by atoms with Gasteiger partial charge in [-0.05, 0) is 18.2 Å². The van der Waals surface area contributed by atoms with Gasteiger partial charge in [0.1, 0.15) is 0 Å². The third kappa shape index (κ3) is 3.65. The lowest BCUT2D eigenvalue weighted by atomic mass is 10.1. The first-order chi connectivity index (χ1) is 13.1. The molecule has 2 amide bonds. The molecule has 7 nitrogen and oxygen atoms in total. The molecule has 0 saturated carbocycles. The molecular formula is C20H22N4O3. The van der Waals surface area contributed by atoms with E-state index in [9.17, 15) is 9.59 Å². The monoisotopic (exact) mass is 366 g/mol. The molecule has 2 aromatic carbocycles. The number of morpholine rings is 1. The average Bonchev–Trinajstić information content (AvgIpc) is 3.04. The van der Waals surface area contributed by atoms with Gasteiger partial charge in [0, 0.05) is 48.0 Å². The number of aromatic amines is 1. The summed E-state index contributed by atoms with van der Waals surface area (Å²) in [6, 6.07) is 11.2. The van der Waals surface area contributed by atoms with Crippen molar-refractivity contribution in [3.63, 3.8) is 0 Å². The van der Waals surface area contributed by atoms with Crippen molar-refractivity contribution in [3.8, 4) is 0 Å². The quantitative estimate of drug-likeness (QED) is 0.643. The number of ether oxygens (including phenoxy) is 1. The maximum absolute atomic E-state index is 12.3. The second kappa shape index (κ2) is 7.38. The normalized spacial score (nSPS) is 15.3. The van der Waals surface area contributed by atoms with Crippen LogP contribution in [-0.2, 0) is 9.53 Å². The van der Waals surface area contributed by atoms with E-state index in [0.29, 0.717) is 12.0 Å². The van der Waals surface area contributed by atoms with Crippen LogP contribution in [0.25, 0.3) is 21.8 Å². The molecule has 1 aliphatic heterocycles. The molecular weight excluding hydrogens is 344 g/mol. The second-order valence-corrected chi connectivity index (χ2v) is 6.73. The Morgan fingerprint density at radius 2 is 1.96 bits per heavy atom. The van der Waals surface area contributed by atoms with Crippen LogP contribution in [0.15, 0.2) is 36.4 Å². The van der Waals surface area contributed by atoms with E-state index in [4.69, 9.17) is 10.5 Å². The molecule has 4 N–H and O–H groups in total. The number of amides is 2. The van der Waals surface area contributed by atoms with Gasteiger partial charge in [0.05, 0.1) is 24.3 Å². The molecule has 3 aromatic rings. The molecule has 2 heterocycles. The molecule has 0 aliphatic carbocycles. The Bertz CT molecular complexity index is 1010. The molecule has 7 heteroatoms. The molecule has 4 rings (SSSR count). The van der Waals surface area contributed by atoms with E-state index >= 15 is 0 Å². The molecule has 1 saturated heterocycles. The number of aromatic nitrogens is 1. The fourth-order valence-corrected chi connectivity index (χ4v) is 3.52. The number of nitrogens with one attached hydrogen (secondary N) is 2. The largest absolute Gasteiger partial charge is 0.379 e. The fourth-order valence-electron chi connectivity index (χ4n) is 3.52. The van der Waals surface area contributed by atoms with E-state index in [1.54, 1.807) is 6.07 Å². The minimum absolute atomic E-state index is 0.0187. The summed E-state index contributed by atoms with van der Waals surface area (Å²) in [4.78, 5) is 29.4. The maximum atomic E-state index is 12.3. The number of para-hydroxylation sites is 1. The molecule has 0 radical (unpaired) electrons. The van der Waals surface area contributed by atoms with Gasteiger partial charge in [0.2, 0.25) is 5.91 Å². The lowest BCUT2D eigenvalue weighted by molar-refractivity contribution is -0.116. The zero-order valence-corrected chi connectivity index (χ0v) is 15.0. The summed E-state index contributed by atoms with van der Waals surface area (Å²) in [6.07, 6.45) is 0.441. The van der Waals surface area contributed by atoms with E-state index in [0.717, 1.165) is 60.3 Å². The van der Waals surface area contributed by atoms with Crippen LogP contribution in [0.3, 0.4) is 0 Å². The van der Waals surface area contributed by atoms with Crippen LogP contribution in [0.4, 0.5) is 5.69 Å². The highest BCUT2D eigenvalue weighted by atomic mass is 16.5. The standard InChI is InChI=1S/C20H22N4O3/c21-20(26)16-3-1-2-15-14-5-4-13(12-17(14)23-19(15)16)22-18(25)6-7-24-8-10-27-11-9-24/h1-5,12,23H,6-11H2,(H2,21,26)(H,22,25). The van der Waals surface area contributed by atoms with Crippen molar-refractivity contribution in [2.24, 2.45) is 5.73 Å². The van der Waals surface area contributed by atoms with Crippen LogP contribution >= 0.6 is 0 Å². The first kappa shape index (κ1) is 17.5. The number of primary amides is 1. The third-order valence-electron chi connectivity index (χ3n) is 4.94. The van der Waals surface area contributed by atoms with Crippen LogP contribution < -0.4 is 11.1 Å². The zero-order chi connectivity index (χ0) is 18.8. The first-order valence-corrected chi connectivity index (χ1v) is 9.06. The van der Waals surface area contributed by atoms with Gasteiger partial charge in [-0.1, -0.05) is 18.2 Å². The smallest absolute Gasteiger partial charge is 0.250 e. The van der Waals surface area contributed by atoms with E-state index in [1.807, 2.05) is 30.3 Å². The first-order valence-electron chi connectivity index (χ1n) is 9.06. The number of carbonyl (C=O) groups is 2. The average molecular weight is 366 g/mol. The van der Waals surface area contributed by atoms with Crippen molar-refractivity contribution in [1.82, 2.24) is 9.88 Å². The van der Waals surface area contributed by atoms with E-state index in [1.165, 1.54) is 0 Å². The van der Waals surface area contributed by atoms with Gasteiger partial charge in [-0.2, -0.15) is 0 Å². The minimum atomic E-state index is -0.469. The number of rotatable bonds is 5. The summed E-state index contributed by atoms with van der Waals surface area (Å²) < 4.78 is 5.32. The van der Waals surface area contributed by atoms with Gasteiger partial charge in [0.15, 0.2) is 0 Å². The topological polar surface area (TPSA) is 100 Å². The highest BCUT2D eigenvalue weighted by molar-refractivity contribution is 6.15. The Kier molecular flexibility index (Phi) is 4.79. The van der Waals surface area contributed by atoms with E-state index in [-0.39, 0.29) is 5.91 Å². The number of anilines is 1. The molecule has 0 bridgehead atoms. The summed E-state index contributed by atoms with van der Waals surface area (Å²) in [5, 5.41) is 4.87. The zero-order valence-electron chi connectivity index (χ0n) is 15.0. The number of hydrogen-bond donors (Lipinski definition) is 3. The Balaban J connectivity index is 1.51. The van der Waals surface area contributed by atoms with Crippen molar-refractivity contribution in [2.45, 2.75) is 6.42 Å². The SMILES string of the molecule is NC(=O)c1cccc2c1[nH]c1cc(NC(=O)CCN3CCOCC3)ccc12. The van der Waals surface area contributed by atoms with Gasteiger partial charge in [-0.3, -0.25) is 14.5 Å². The predicted molar refractivity (Wildman–Crippen MR) is 105 cm³/mol. The summed E-state index contributed by atoms with van der Waals surface area (Å²) in [7, 11) is 0. The number of nitrogens with two attached hydrogens (primary N) is 1. The van der Waals surface area contributed by atoms with E-state index < -0.39 is 5.91 Å². The van der Waals surface area contributed by atoms with Gasteiger partial charge < -0.3 is 20.8 Å². The predicted octanol–water partition coefficient (Wildman–Crippen LogP) is 2.08. The lowest BCUT2D eigenvalue weighted by Crippen LogP contribution is -2.38. The number of benzene rings is 2.